The van der Waals surface area contributed by atoms with Crippen molar-refractivity contribution in [3.8, 4) is 0 Å². The van der Waals surface area contributed by atoms with Gasteiger partial charge in [0.2, 0.25) is 0 Å². The Morgan fingerprint density at radius 3 is 2.83 bits per heavy atom. The van der Waals surface area contributed by atoms with Crippen LogP contribution in [0.15, 0.2) is 30.9 Å². The van der Waals surface area contributed by atoms with Crippen LogP contribution in [-0.4, -0.2) is 19.8 Å². The fourth-order valence-electron chi connectivity index (χ4n) is 1.45. The predicted octanol–water partition coefficient (Wildman–Crippen LogP) is 3.21. The molecule has 0 bridgehead atoms. The van der Waals surface area contributed by atoms with E-state index >= 15 is 0 Å². The van der Waals surface area contributed by atoms with Crippen molar-refractivity contribution in [2.45, 2.75) is 12.8 Å². The Morgan fingerprint density at radius 2 is 2.17 bits per heavy atom. The first-order valence-electron chi connectivity index (χ1n) is 5.75. The van der Waals surface area contributed by atoms with Gasteiger partial charge in [-0.05, 0) is 24.6 Å². The largest absolute Gasteiger partial charge is 0.399 e. The summed E-state index contributed by atoms with van der Waals surface area (Å²) in [5.74, 6) is 0. The minimum Gasteiger partial charge on any atom is -0.399 e. The van der Waals surface area contributed by atoms with Crippen LogP contribution in [0.2, 0.25) is 0 Å². The number of nitrogen functional groups attached to an aromatic ring is 1. The molecule has 0 spiro atoms. The van der Waals surface area contributed by atoms with Crippen LogP contribution in [0.1, 0.15) is 18.4 Å². The second-order valence-corrected chi connectivity index (χ2v) is 3.76. The number of ether oxygens (including phenoxy) is 1. The first-order valence-corrected chi connectivity index (χ1v) is 5.75. The molecule has 1 aromatic carbocycles. The minimum absolute atomic E-state index is 0.0823. The Labute approximate surface area is 106 Å². The van der Waals surface area contributed by atoms with E-state index in [0.717, 1.165) is 6.42 Å². The third kappa shape index (κ3) is 4.71. The maximum absolute atomic E-state index is 12.7. The monoisotopic (exact) mass is 256 g/mol. The highest BCUT2D eigenvalue weighted by molar-refractivity contribution is 5.58. The fraction of sp³-hybridized carbons (Fsp3) is 0.385. The van der Waals surface area contributed by atoms with Crippen molar-refractivity contribution in [2.24, 2.45) is 0 Å². The molecule has 0 unspecified atom stereocenters. The average molecular weight is 256 g/mol. The molecule has 0 amide bonds. The van der Waals surface area contributed by atoms with Gasteiger partial charge in [0.15, 0.2) is 0 Å². The van der Waals surface area contributed by atoms with E-state index in [1.165, 1.54) is 6.07 Å². The quantitative estimate of drug-likeness (QED) is 0.426. The molecule has 0 atom stereocenters. The number of anilines is 2. The third-order valence-electron chi connectivity index (χ3n) is 2.34. The smallest absolute Gasteiger partial charge is 0.265 e. The van der Waals surface area contributed by atoms with Crippen LogP contribution < -0.4 is 11.1 Å². The highest BCUT2D eigenvalue weighted by atomic mass is 19.3. The van der Waals surface area contributed by atoms with E-state index in [2.05, 4.69) is 11.9 Å². The number of hydrogen-bond acceptors (Lipinski definition) is 3. The Hall–Kier alpha value is -1.62. The van der Waals surface area contributed by atoms with Crippen molar-refractivity contribution in [2.75, 3.05) is 30.8 Å². The van der Waals surface area contributed by atoms with Gasteiger partial charge in [-0.3, -0.25) is 0 Å². The number of benzene rings is 1. The van der Waals surface area contributed by atoms with Gasteiger partial charge in [0.25, 0.3) is 6.43 Å². The molecule has 0 radical (unpaired) electrons. The van der Waals surface area contributed by atoms with E-state index in [9.17, 15) is 8.78 Å². The highest BCUT2D eigenvalue weighted by Crippen LogP contribution is 2.28. The summed E-state index contributed by atoms with van der Waals surface area (Å²) in [6.45, 7) is 5.10. The molecule has 0 saturated heterocycles. The number of alkyl halides is 2. The van der Waals surface area contributed by atoms with Gasteiger partial charge in [0.1, 0.15) is 0 Å². The summed E-state index contributed by atoms with van der Waals surface area (Å²) in [5, 5.41) is 2.91. The Bertz CT molecular complexity index is 383. The third-order valence-corrected chi connectivity index (χ3v) is 2.34. The van der Waals surface area contributed by atoms with Crippen molar-refractivity contribution in [1.29, 1.82) is 0 Å². The topological polar surface area (TPSA) is 47.3 Å². The molecule has 1 rings (SSSR count). The van der Waals surface area contributed by atoms with Gasteiger partial charge >= 0.3 is 0 Å². The normalized spacial score (nSPS) is 10.6. The van der Waals surface area contributed by atoms with Crippen molar-refractivity contribution < 1.29 is 13.5 Å². The molecule has 100 valence electrons. The van der Waals surface area contributed by atoms with Crippen LogP contribution in [0, 0.1) is 0 Å². The van der Waals surface area contributed by atoms with Crippen LogP contribution in [0.3, 0.4) is 0 Å². The molecule has 0 saturated carbocycles. The molecule has 0 heterocycles. The van der Waals surface area contributed by atoms with E-state index in [0.29, 0.717) is 31.1 Å². The molecule has 0 aliphatic heterocycles. The Morgan fingerprint density at radius 1 is 1.39 bits per heavy atom. The lowest BCUT2D eigenvalue weighted by Gasteiger charge is -2.12. The first-order chi connectivity index (χ1) is 8.65. The molecular weight excluding hydrogens is 238 g/mol. The number of nitrogens with two attached hydrogens (primary N) is 1. The van der Waals surface area contributed by atoms with Gasteiger partial charge in [-0.25, -0.2) is 8.78 Å². The number of rotatable bonds is 8. The molecule has 0 aromatic heterocycles. The number of nitrogens with one attached hydrogen (secondary N) is 1. The van der Waals surface area contributed by atoms with Crippen LogP contribution in [-0.2, 0) is 4.74 Å². The van der Waals surface area contributed by atoms with Gasteiger partial charge in [0, 0.05) is 23.5 Å². The lowest BCUT2D eigenvalue weighted by molar-refractivity contribution is 0.147. The summed E-state index contributed by atoms with van der Waals surface area (Å²) in [5.41, 5.74) is 6.12. The molecule has 0 aliphatic rings. The van der Waals surface area contributed by atoms with Crippen LogP contribution >= 0.6 is 0 Å². The van der Waals surface area contributed by atoms with E-state index in [-0.39, 0.29) is 5.56 Å². The lowest BCUT2D eigenvalue weighted by Crippen LogP contribution is -2.11. The summed E-state index contributed by atoms with van der Waals surface area (Å²) in [6, 6.07) is 4.43. The van der Waals surface area contributed by atoms with E-state index in [1.807, 2.05) is 0 Å². The molecular formula is C13H18F2N2O. The summed E-state index contributed by atoms with van der Waals surface area (Å²) in [6.07, 6.45) is 0.00426. The summed E-state index contributed by atoms with van der Waals surface area (Å²) < 4.78 is 30.8. The van der Waals surface area contributed by atoms with E-state index in [1.54, 1.807) is 18.2 Å². The summed E-state index contributed by atoms with van der Waals surface area (Å²) >= 11 is 0. The Balaban J connectivity index is 2.44. The van der Waals surface area contributed by atoms with Crippen molar-refractivity contribution in [3.63, 3.8) is 0 Å². The minimum atomic E-state index is -2.54. The summed E-state index contributed by atoms with van der Waals surface area (Å²) in [4.78, 5) is 0. The second-order valence-electron chi connectivity index (χ2n) is 3.76. The molecule has 0 fully saturated rings. The van der Waals surface area contributed by atoms with Gasteiger partial charge in [-0.1, -0.05) is 6.08 Å². The standard InChI is InChI=1S/C13H18F2N2O/c1-2-3-7-18-8-6-17-12-5-4-10(16)9-11(12)13(14)15/h2,4-5,9,13,17H,1,3,6-8,16H2. The number of halogens is 2. The van der Waals surface area contributed by atoms with E-state index < -0.39 is 6.43 Å². The number of hydrogen-bond donors (Lipinski definition) is 2. The summed E-state index contributed by atoms with van der Waals surface area (Å²) in [7, 11) is 0. The second kappa shape index (κ2) is 7.66. The molecule has 0 aliphatic carbocycles. The Kier molecular flexibility index (Phi) is 6.14. The van der Waals surface area contributed by atoms with Crippen molar-refractivity contribution in [1.82, 2.24) is 0 Å². The molecule has 18 heavy (non-hydrogen) atoms. The fourth-order valence-corrected chi connectivity index (χ4v) is 1.45. The van der Waals surface area contributed by atoms with Crippen molar-refractivity contribution in [3.05, 3.63) is 36.4 Å². The first kappa shape index (κ1) is 14.4. The molecule has 3 N–H and O–H groups in total. The molecule has 1 aromatic rings. The highest BCUT2D eigenvalue weighted by Gasteiger charge is 2.12. The van der Waals surface area contributed by atoms with Crippen molar-refractivity contribution >= 4 is 11.4 Å². The zero-order valence-electron chi connectivity index (χ0n) is 10.2. The average Bonchev–Trinajstić information content (AvgIpc) is 2.35. The van der Waals surface area contributed by atoms with E-state index in [4.69, 9.17) is 10.5 Å². The van der Waals surface area contributed by atoms with Crippen LogP contribution in [0.4, 0.5) is 20.2 Å². The molecule has 5 heteroatoms. The molecule has 3 nitrogen and oxygen atoms in total. The van der Waals surface area contributed by atoms with Crippen LogP contribution in [0.25, 0.3) is 0 Å². The SMILES string of the molecule is C=CCCOCCNc1ccc(N)cc1C(F)F. The zero-order valence-corrected chi connectivity index (χ0v) is 10.2. The zero-order chi connectivity index (χ0) is 13.4. The maximum atomic E-state index is 12.7. The lowest BCUT2D eigenvalue weighted by atomic mass is 10.1. The van der Waals surface area contributed by atoms with Gasteiger partial charge in [0.05, 0.1) is 13.2 Å². The van der Waals surface area contributed by atoms with Gasteiger partial charge in [-0.15, -0.1) is 6.58 Å². The van der Waals surface area contributed by atoms with Gasteiger partial charge in [-0.2, -0.15) is 0 Å². The predicted molar refractivity (Wildman–Crippen MR) is 69.9 cm³/mol. The van der Waals surface area contributed by atoms with Crippen LogP contribution in [0.5, 0.6) is 0 Å². The maximum Gasteiger partial charge on any atom is 0.265 e. The van der Waals surface area contributed by atoms with Gasteiger partial charge < -0.3 is 15.8 Å².